The van der Waals surface area contributed by atoms with Crippen LogP contribution >= 0.6 is 0 Å². The first-order chi connectivity index (χ1) is 8.89. The Hall–Kier alpha value is -1.43. The third kappa shape index (κ3) is 3.12. The van der Waals surface area contributed by atoms with Crippen molar-refractivity contribution in [2.75, 3.05) is 0 Å². The minimum atomic E-state index is -0.879. The van der Waals surface area contributed by atoms with Crippen LogP contribution in [0.3, 0.4) is 0 Å². The molecule has 0 aromatic carbocycles. The van der Waals surface area contributed by atoms with Crippen molar-refractivity contribution in [1.82, 2.24) is 20.1 Å². The second kappa shape index (κ2) is 5.28. The van der Waals surface area contributed by atoms with Crippen molar-refractivity contribution in [3.05, 3.63) is 11.6 Å². The van der Waals surface area contributed by atoms with Crippen LogP contribution in [-0.2, 0) is 17.8 Å². The number of nitrogens with two attached hydrogens (primary N) is 1. The standard InChI is InChI=1S/C13H23N5O/c1-9(15-12(19)13(2,3)14)11-17-16-10-7-5-4-6-8-18(10)11/h9H,4-8,14H2,1-3H3,(H,15,19). The van der Waals surface area contributed by atoms with Gasteiger partial charge in [-0.1, -0.05) is 6.42 Å². The lowest BCUT2D eigenvalue weighted by molar-refractivity contribution is -0.125. The molecule has 0 spiro atoms. The zero-order valence-corrected chi connectivity index (χ0v) is 11.9. The van der Waals surface area contributed by atoms with Crippen molar-refractivity contribution in [3.8, 4) is 0 Å². The Morgan fingerprint density at radius 1 is 1.37 bits per heavy atom. The highest BCUT2D eigenvalue weighted by molar-refractivity contribution is 5.85. The number of carbonyl (C=O) groups is 1. The van der Waals surface area contributed by atoms with Crippen molar-refractivity contribution in [1.29, 1.82) is 0 Å². The first-order valence-corrected chi connectivity index (χ1v) is 6.91. The van der Waals surface area contributed by atoms with Crippen LogP contribution in [0.5, 0.6) is 0 Å². The molecule has 3 N–H and O–H groups in total. The van der Waals surface area contributed by atoms with Gasteiger partial charge < -0.3 is 15.6 Å². The van der Waals surface area contributed by atoms with Crippen molar-refractivity contribution in [3.63, 3.8) is 0 Å². The molecule has 1 unspecified atom stereocenters. The summed E-state index contributed by atoms with van der Waals surface area (Å²) in [5.41, 5.74) is 4.91. The van der Waals surface area contributed by atoms with Crippen molar-refractivity contribution >= 4 is 5.91 Å². The maximum atomic E-state index is 11.9. The zero-order valence-electron chi connectivity index (χ0n) is 11.9. The molecule has 1 aromatic rings. The molecule has 106 valence electrons. The first-order valence-electron chi connectivity index (χ1n) is 6.91. The molecule has 19 heavy (non-hydrogen) atoms. The normalized spacial score (nSPS) is 17.5. The van der Waals surface area contributed by atoms with Gasteiger partial charge in [0.1, 0.15) is 5.82 Å². The Balaban J connectivity index is 2.14. The summed E-state index contributed by atoms with van der Waals surface area (Å²) in [6.45, 7) is 6.24. The predicted octanol–water partition coefficient (Wildman–Crippen LogP) is 0.919. The van der Waals surface area contributed by atoms with E-state index in [-0.39, 0.29) is 11.9 Å². The van der Waals surface area contributed by atoms with Crippen LogP contribution in [0.2, 0.25) is 0 Å². The fraction of sp³-hybridized carbons (Fsp3) is 0.769. The van der Waals surface area contributed by atoms with E-state index in [1.165, 1.54) is 6.42 Å². The molecule has 6 heteroatoms. The van der Waals surface area contributed by atoms with E-state index >= 15 is 0 Å². The van der Waals surface area contributed by atoms with Crippen molar-refractivity contribution in [2.24, 2.45) is 5.73 Å². The second-order valence-corrected chi connectivity index (χ2v) is 5.85. The van der Waals surface area contributed by atoms with E-state index in [1.807, 2.05) is 6.92 Å². The molecule has 0 bridgehead atoms. The Morgan fingerprint density at radius 3 is 2.79 bits per heavy atom. The Labute approximate surface area is 113 Å². The minimum absolute atomic E-state index is 0.172. The number of amides is 1. The van der Waals surface area contributed by atoms with Crippen LogP contribution in [0.15, 0.2) is 0 Å². The molecule has 0 fully saturated rings. The summed E-state index contributed by atoms with van der Waals surface area (Å²) < 4.78 is 2.14. The maximum absolute atomic E-state index is 11.9. The summed E-state index contributed by atoms with van der Waals surface area (Å²) in [6, 6.07) is -0.172. The van der Waals surface area contributed by atoms with Gasteiger partial charge in [-0.2, -0.15) is 0 Å². The van der Waals surface area contributed by atoms with Gasteiger partial charge in [0.05, 0.1) is 11.6 Å². The van der Waals surface area contributed by atoms with E-state index in [0.717, 1.165) is 37.5 Å². The van der Waals surface area contributed by atoms with E-state index in [9.17, 15) is 4.79 Å². The third-order valence-electron chi connectivity index (χ3n) is 3.46. The van der Waals surface area contributed by atoms with Gasteiger partial charge in [0.25, 0.3) is 0 Å². The third-order valence-corrected chi connectivity index (χ3v) is 3.46. The number of aryl methyl sites for hydroxylation is 1. The monoisotopic (exact) mass is 265 g/mol. The molecule has 1 atom stereocenters. The highest BCUT2D eigenvalue weighted by Crippen LogP contribution is 2.18. The molecule has 1 amide bonds. The largest absolute Gasteiger partial charge is 0.345 e. The molecule has 0 saturated heterocycles. The van der Waals surface area contributed by atoms with Gasteiger partial charge in [-0.25, -0.2) is 0 Å². The van der Waals surface area contributed by atoms with Crippen molar-refractivity contribution < 1.29 is 4.79 Å². The lowest BCUT2D eigenvalue weighted by atomic mass is 10.1. The van der Waals surface area contributed by atoms with Gasteiger partial charge in [-0.05, 0) is 33.6 Å². The fourth-order valence-corrected chi connectivity index (χ4v) is 2.28. The number of aromatic nitrogens is 3. The minimum Gasteiger partial charge on any atom is -0.345 e. The number of rotatable bonds is 3. The Morgan fingerprint density at radius 2 is 2.11 bits per heavy atom. The number of nitrogens with one attached hydrogen (secondary N) is 1. The average molecular weight is 265 g/mol. The van der Waals surface area contributed by atoms with Crippen LogP contribution in [0.1, 0.15) is 57.7 Å². The van der Waals surface area contributed by atoms with Gasteiger partial charge in [0.15, 0.2) is 5.82 Å². The Kier molecular flexibility index (Phi) is 3.89. The topological polar surface area (TPSA) is 85.8 Å². The van der Waals surface area contributed by atoms with Crippen LogP contribution in [0, 0.1) is 0 Å². The fourth-order valence-electron chi connectivity index (χ4n) is 2.28. The molecule has 0 aliphatic carbocycles. The first kappa shape index (κ1) is 14.0. The molecule has 2 rings (SSSR count). The number of nitrogens with zero attached hydrogens (tertiary/aromatic N) is 3. The van der Waals surface area contributed by atoms with E-state index < -0.39 is 5.54 Å². The molecular weight excluding hydrogens is 242 g/mol. The van der Waals surface area contributed by atoms with Crippen LogP contribution < -0.4 is 11.1 Å². The van der Waals surface area contributed by atoms with Gasteiger partial charge in [0.2, 0.25) is 5.91 Å². The number of hydrogen-bond acceptors (Lipinski definition) is 4. The van der Waals surface area contributed by atoms with Gasteiger partial charge >= 0.3 is 0 Å². The summed E-state index contributed by atoms with van der Waals surface area (Å²) in [6.07, 6.45) is 4.49. The van der Waals surface area contributed by atoms with Crippen LogP contribution in [-0.4, -0.2) is 26.2 Å². The summed E-state index contributed by atoms with van der Waals surface area (Å²) in [5.74, 6) is 1.68. The molecule has 0 radical (unpaired) electrons. The second-order valence-electron chi connectivity index (χ2n) is 5.85. The van der Waals surface area contributed by atoms with E-state index in [1.54, 1.807) is 13.8 Å². The van der Waals surface area contributed by atoms with Crippen LogP contribution in [0.4, 0.5) is 0 Å². The van der Waals surface area contributed by atoms with Gasteiger partial charge in [-0.15, -0.1) is 10.2 Å². The smallest absolute Gasteiger partial charge is 0.240 e. The van der Waals surface area contributed by atoms with Gasteiger partial charge in [0, 0.05) is 13.0 Å². The maximum Gasteiger partial charge on any atom is 0.240 e. The highest BCUT2D eigenvalue weighted by Gasteiger charge is 2.26. The van der Waals surface area contributed by atoms with E-state index in [2.05, 4.69) is 20.1 Å². The summed E-state index contributed by atoms with van der Waals surface area (Å²) in [7, 11) is 0. The lowest BCUT2D eigenvalue weighted by Crippen LogP contribution is -2.49. The van der Waals surface area contributed by atoms with Crippen LogP contribution in [0.25, 0.3) is 0 Å². The molecule has 6 nitrogen and oxygen atoms in total. The molecule has 1 aromatic heterocycles. The lowest BCUT2D eigenvalue weighted by Gasteiger charge is -2.22. The molecule has 1 aliphatic rings. The zero-order chi connectivity index (χ0) is 14.0. The molecular formula is C13H23N5O. The quantitative estimate of drug-likeness (QED) is 0.851. The van der Waals surface area contributed by atoms with E-state index in [0.29, 0.717) is 0 Å². The number of fused-ring (bicyclic) bond motifs is 1. The highest BCUT2D eigenvalue weighted by atomic mass is 16.2. The summed E-state index contributed by atoms with van der Waals surface area (Å²) in [5, 5.41) is 11.4. The molecule has 0 saturated carbocycles. The number of carbonyl (C=O) groups excluding carboxylic acids is 1. The number of hydrogen-bond donors (Lipinski definition) is 2. The summed E-state index contributed by atoms with van der Waals surface area (Å²) >= 11 is 0. The predicted molar refractivity (Wildman–Crippen MR) is 72.4 cm³/mol. The Bertz CT molecular complexity index is 460. The van der Waals surface area contributed by atoms with Gasteiger partial charge in [-0.3, -0.25) is 4.79 Å². The van der Waals surface area contributed by atoms with E-state index in [4.69, 9.17) is 5.73 Å². The van der Waals surface area contributed by atoms with Crippen molar-refractivity contribution in [2.45, 2.75) is 64.6 Å². The molecule has 1 aliphatic heterocycles. The molecule has 2 heterocycles. The SMILES string of the molecule is CC(NC(=O)C(C)(C)N)c1nnc2n1CCCCC2. The average Bonchev–Trinajstić information content (AvgIpc) is 2.57. The summed E-state index contributed by atoms with van der Waals surface area (Å²) in [4.78, 5) is 11.9.